The Morgan fingerprint density at radius 2 is 2.16 bits per heavy atom. The standard InChI is InChI=1S/C14H19NO2.C2H6.H2/c1-2-3-4-8-11-15-14(16)17-12-13-9-6-5-7-10-13;1-2;/h5-6,9H,2-4,8,11-12H2,1H3,(H,15,16);1-2H3;1H. The number of amides is 1. The highest BCUT2D eigenvalue weighted by Crippen LogP contribution is 2.00. The molecule has 0 aromatic carbocycles. The number of carbonyl (C=O) groups excluding carboxylic acids is 1. The van der Waals surface area contributed by atoms with Crippen molar-refractivity contribution in [1.82, 2.24) is 5.32 Å². The summed E-state index contributed by atoms with van der Waals surface area (Å²) in [6.07, 6.45) is 9.67. The second-order valence-electron chi connectivity index (χ2n) is 3.88. The highest BCUT2D eigenvalue weighted by Gasteiger charge is 2.02. The normalized spacial score (nSPS) is 11.4. The third-order valence-electron chi connectivity index (χ3n) is 2.37. The van der Waals surface area contributed by atoms with Crippen molar-refractivity contribution < 1.29 is 11.0 Å². The van der Waals surface area contributed by atoms with Crippen LogP contribution in [0.25, 0.3) is 0 Å². The van der Waals surface area contributed by atoms with Crippen LogP contribution in [0, 0.1) is 0 Å². The first-order valence-corrected chi connectivity index (χ1v) is 7.11. The minimum absolute atomic E-state index is 0. The largest absolute Gasteiger partial charge is 0.444 e. The Balaban J connectivity index is 0. The number of hydrogen-bond acceptors (Lipinski definition) is 2. The first-order valence-electron chi connectivity index (χ1n) is 7.11. The van der Waals surface area contributed by atoms with Crippen LogP contribution in [0.5, 0.6) is 0 Å². The van der Waals surface area contributed by atoms with Gasteiger partial charge in [-0.3, -0.25) is 0 Å². The molecule has 0 heterocycles. The highest BCUT2D eigenvalue weighted by atomic mass is 16.5. The molecular formula is C16H27NO2. The zero-order valence-electron chi connectivity index (χ0n) is 12.3. The van der Waals surface area contributed by atoms with Crippen molar-refractivity contribution in [2.75, 3.05) is 13.2 Å². The Morgan fingerprint density at radius 1 is 1.37 bits per heavy atom. The van der Waals surface area contributed by atoms with E-state index in [1.807, 2.05) is 26.0 Å². The predicted molar refractivity (Wildman–Crippen MR) is 81.2 cm³/mol. The molecule has 0 aromatic heterocycles. The molecule has 0 saturated carbocycles. The predicted octanol–water partition coefficient (Wildman–Crippen LogP) is 4.37. The summed E-state index contributed by atoms with van der Waals surface area (Å²) >= 11 is 0. The lowest BCUT2D eigenvalue weighted by atomic mass is 10.2. The van der Waals surface area contributed by atoms with Crippen LogP contribution < -0.4 is 5.32 Å². The maximum absolute atomic E-state index is 11.3. The number of allylic oxidation sites excluding steroid dienone is 2. The summed E-state index contributed by atoms with van der Waals surface area (Å²) in [4.78, 5) is 11.3. The van der Waals surface area contributed by atoms with E-state index < -0.39 is 0 Å². The van der Waals surface area contributed by atoms with Gasteiger partial charge in [0.2, 0.25) is 0 Å². The van der Waals surface area contributed by atoms with E-state index in [0.717, 1.165) is 18.4 Å². The molecule has 0 atom stereocenters. The smallest absolute Gasteiger partial charge is 0.407 e. The van der Waals surface area contributed by atoms with Crippen LogP contribution in [0.4, 0.5) is 4.79 Å². The van der Waals surface area contributed by atoms with Crippen LogP contribution in [0.3, 0.4) is 0 Å². The van der Waals surface area contributed by atoms with Gasteiger partial charge in [0.05, 0.1) is 0 Å². The van der Waals surface area contributed by atoms with Gasteiger partial charge in [-0.15, -0.1) is 0 Å². The maximum atomic E-state index is 11.3. The number of hydrogen-bond donors (Lipinski definition) is 1. The molecule has 1 aliphatic carbocycles. The SMILES string of the molecule is CC.CCCCCCNC(=O)OCC1=C=C=CC=C1.[HH]. The summed E-state index contributed by atoms with van der Waals surface area (Å²) in [6, 6.07) is 0. The van der Waals surface area contributed by atoms with Gasteiger partial charge < -0.3 is 10.1 Å². The number of unbranched alkanes of at least 4 members (excludes halogenated alkanes) is 3. The highest BCUT2D eigenvalue weighted by molar-refractivity contribution is 5.67. The van der Waals surface area contributed by atoms with E-state index in [4.69, 9.17) is 4.74 Å². The number of ether oxygens (including phenoxy) is 1. The van der Waals surface area contributed by atoms with Crippen LogP contribution in [-0.2, 0) is 4.74 Å². The summed E-state index contributed by atoms with van der Waals surface area (Å²) in [5, 5.41) is 2.73. The quantitative estimate of drug-likeness (QED) is 0.548. The molecule has 1 aliphatic rings. The molecule has 108 valence electrons. The average Bonchev–Trinajstić information content (AvgIpc) is 2.48. The van der Waals surface area contributed by atoms with Gasteiger partial charge in [-0.05, 0) is 18.6 Å². The van der Waals surface area contributed by atoms with Crippen LogP contribution in [0.2, 0.25) is 0 Å². The summed E-state index contributed by atoms with van der Waals surface area (Å²) in [5.41, 5.74) is 6.52. The molecule has 1 N–H and O–H groups in total. The molecular weight excluding hydrogens is 238 g/mol. The second-order valence-corrected chi connectivity index (χ2v) is 3.88. The van der Waals surface area contributed by atoms with Crippen LogP contribution >= 0.6 is 0 Å². The number of rotatable bonds is 7. The zero-order valence-corrected chi connectivity index (χ0v) is 12.3. The third kappa shape index (κ3) is 9.96. The molecule has 1 amide bonds. The molecule has 0 spiro atoms. The fourth-order valence-corrected chi connectivity index (χ4v) is 1.41. The fraction of sp³-hybridized carbons (Fsp3) is 0.562. The van der Waals surface area contributed by atoms with Crippen LogP contribution in [-0.4, -0.2) is 19.2 Å². The van der Waals surface area contributed by atoms with E-state index in [2.05, 4.69) is 23.7 Å². The number of nitrogens with one attached hydrogen (secondary N) is 1. The van der Waals surface area contributed by atoms with Gasteiger partial charge in [0.15, 0.2) is 0 Å². The molecule has 0 saturated heterocycles. The van der Waals surface area contributed by atoms with Gasteiger partial charge in [-0.1, -0.05) is 57.6 Å². The molecule has 1 rings (SSSR count). The minimum Gasteiger partial charge on any atom is -0.444 e. The summed E-state index contributed by atoms with van der Waals surface area (Å²) in [7, 11) is 0. The second kappa shape index (κ2) is 12.8. The molecule has 0 radical (unpaired) electrons. The Morgan fingerprint density at radius 3 is 2.79 bits per heavy atom. The van der Waals surface area contributed by atoms with E-state index >= 15 is 0 Å². The molecule has 0 aliphatic heterocycles. The topological polar surface area (TPSA) is 38.3 Å². The van der Waals surface area contributed by atoms with Crippen molar-refractivity contribution in [2.24, 2.45) is 0 Å². The zero-order chi connectivity index (χ0) is 14.3. The molecule has 3 heteroatoms. The van der Waals surface area contributed by atoms with Crippen LogP contribution in [0.15, 0.2) is 35.3 Å². The molecule has 0 bridgehead atoms. The Labute approximate surface area is 118 Å². The van der Waals surface area contributed by atoms with Gasteiger partial charge in [-0.25, -0.2) is 4.79 Å². The Kier molecular flexibility index (Phi) is 11.6. The average molecular weight is 265 g/mol. The maximum Gasteiger partial charge on any atom is 0.407 e. The van der Waals surface area contributed by atoms with Gasteiger partial charge in [0, 0.05) is 13.5 Å². The molecule has 0 aromatic rings. The summed E-state index contributed by atoms with van der Waals surface area (Å²) in [5.74, 6) is 0. The Bertz CT molecular complexity index is 376. The first kappa shape index (κ1) is 17.3. The van der Waals surface area contributed by atoms with E-state index in [9.17, 15) is 4.79 Å². The fourth-order valence-electron chi connectivity index (χ4n) is 1.41. The van der Waals surface area contributed by atoms with Gasteiger partial charge >= 0.3 is 6.09 Å². The Hall–Kier alpha value is -1.69. The van der Waals surface area contributed by atoms with E-state index in [1.165, 1.54) is 12.8 Å². The number of alkyl carbamates (subject to hydrolysis) is 1. The monoisotopic (exact) mass is 265 g/mol. The third-order valence-corrected chi connectivity index (χ3v) is 2.37. The summed E-state index contributed by atoms with van der Waals surface area (Å²) < 4.78 is 5.03. The molecule has 0 unspecified atom stereocenters. The lowest BCUT2D eigenvalue weighted by Crippen LogP contribution is -2.25. The van der Waals surface area contributed by atoms with Gasteiger partial charge in [0.1, 0.15) is 6.61 Å². The first-order chi connectivity index (χ1) is 9.33. The van der Waals surface area contributed by atoms with Crippen molar-refractivity contribution >= 4 is 6.09 Å². The summed E-state index contributed by atoms with van der Waals surface area (Å²) in [6.45, 7) is 7.09. The lowest BCUT2D eigenvalue weighted by Gasteiger charge is -2.06. The van der Waals surface area contributed by atoms with E-state index in [-0.39, 0.29) is 14.1 Å². The van der Waals surface area contributed by atoms with E-state index in [0.29, 0.717) is 6.54 Å². The van der Waals surface area contributed by atoms with Gasteiger partial charge in [0.25, 0.3) is 0 Å². The molecule has 19 heavy (non-hydrogen) atoms. The van der Waals surface area contributed by atoms with E-state index in [1.54, 1.807) is 6.08 Å². The van der Waals surface area contributed by atoms with Crippen molar-refractivity contribution in [3.63, 3.8) is 0 Å². The molecule has 3 nitrogen and oxygen atoms in total. The van der Waals surface area contributed by atoms with Crippen molar-refractivity contribution in [3.05, 3.63) is 35.3 Å². The van der Waals surface area contributed by atoms with Gasteiger partial charge in [-0.2, -0.15) is 0 Å². The van der Waals surface area contributed by atoms with Crippen LogP contribution in [0.1, 0.15) is 47.9 Å². The molecule has 0 fully saturated rings. The lowest BCUT2D eigenvalue weighted by molar-refractivity contribution is 0.156. The van der Waals surface area contributed by atoms with Crippen molar-refractivity contribution in [1.29, 1.82) is 0 Å². The van der Waals surface area contributed by atoms with Crippen molar-refractivity contribution in [2.45, 2.75) is 46.5 Å². The van der Waals surface area contributed by atoms with Crippen molar-refractivity contribution in [3.8, 4) is 0 Å². The number of carbonyl (C=O) groups is 1. The minimum atomic E-state index is -0.362.